The molecule has 0 aromatic heterocycles. The molecule has 1 aromatic rings. The lowest BCUT2D eigenvalue weighted by molar-refractivity contribution is -0.123. The van der Waals surface area contributed by atoms with Crippen molar-refractivity contribution in [2.75, 3.05) is 6.61 Å². The normalized spacial score (nSPS) is 18.0. The highest BCUT2D eigenvalue weighted by atomic mass is 19.1. The molecule has 0 unspecified atom stereocenters. The van der Waals surface area contributed by atoms with Crippen LogP contribution < -0.4 is 5.32 Å². The Labute approximate surface area is 112 Å². The molecule has 3 nitrogen and oxygen atoms in total. The lowest BCUT2D eigenvalue weighted by Gasteiger charge is -2.36. The van der Waals surface area contributed by atoms with E-state index in [9.17, 15) is 14.3 Å². The Kier molecular flexibility index (Phi) is 4.53. The number of aliphatic hydroxyl groups excluding tert-OH is 1. The Morgan fingerprint density at radius 3 is 2.58 bits per heavy atom. The average molecular weight is 265 g/mol. The van der Waals surface area contributed by atoms with Crippen LogP contribution in [0.3, 0.4) is 0 Å². The molecule has 0 radical (unpaired) electrons. The van der Waals surface area contributed by atoms with Gasteiger partial charge in [0.15, 0.2) is 0 Å². The second-order valence-corrected chi connectivity index (χ2v) is 5.32. The average Bonchev–Trinajstić information content (AvgIpc) is 2.42. The second kappa shape index (κ2) is 6.15. The van der Waals surface area contributed by atoms with Crippen LogP contribution in [0.15, 0.2) is 24.3 Å². The standard InChI is InChI=1S/C15H20FNO2/c16-13-7-3-2-6-12(13)10-14(19)17-15(11-18)8-4-1-5-9-15/h2-3,6-7,18H,1,4-5,8-11H2,(H,17,19). The summed E-state index contributed by atoms with van der Waals surface area (Å²) in [7, 11) is 0. The third kappa shape index (κ3) is 3.53. The predicted octanol–water partition coefficient (Wildman–Crippen LogP) is 2.18. The van der Waals surface area contributed by atoms with Crippen LogP contribution in [-0.4, -0.2) is 23.2 Å². The fraction of sp³-hybridized carbons (Fsp3) is 0.533. The molecule has 0 heterocycles. The lowest BCUT2D eigenvalue weighted by atomic mass is 9.82. The van der Waals surface area contributed by atoms with E-state index in [-0.39, 0.29) is 24.8 Å². The predicted molar refractivity (Wildman–Crippen MR) is 71.1 cm³/mol. The van der Waals surface area contributed by atoms with Crippen molar-refractivity contribution in [1.82, 2.24) is 5.32 Å². The van der Waals surface area contributed by atoms with Gasteiger partial charge >= 0.3 is 0 Å². The van der Waals surface area contributed by atoms with Gasteiger partial charge < -0.3 is 10.4 Å². The first-order valence-electron chi connectivity index (χ1n) is 6.80. The number of nitrogens with one attached hydrogen (secondary N) is 1. The summed E-state index contributed by atoms with van der Waals surface area (Å²) in [4.78, 5) is 12.0. The summed E-state index contributed by atoms with van der Waals surface area (Å²) in [5.74, 6) is -0.583. The quantitative estimate of drug-likeness (QED) is 0.876. The van der Waals surface area contributed by atoms with Crippen molar-refractivity contribution < 1.29 is 14.3 Å². The third-order valence-corrected chi connectivity index (χ3v) is 3.83. The molecular weight excluding hydrogens is 245 g/mol. The molecule has 0 spiro atoms. The van der Waals surface area contributed by atoms with Gasteiger partial charge in [0.25, 0.3) is 0 Å². The first kappa shape index (κ1) is 14.0. The maximum atomic E-state index is 13.5. The third-order valence-electron chi connectivity index (χ3n) is 3.83. The highest BCUT2D eigenvalue weighted by Gasteiger charge is 2.32. The number of hydrogen-bond acceptors (Lipinski definition) is 2. The minimum atomic E-state index is -0.499. The van der Waals surface area contributed by atoms with Gasteiger partial charge in [-0.3, -0.25) is 4.79 Å². The van der Waals surface area contributed by atoms with E-state index in [0.29, 0.717) is 5.56 Å². The Morgan fingerprint density at radius 2 is 1.95 bits per heavy atom. The Bertz CT molecular complexity index is 442. The van der Waals surface area contributed by atoms with Crippen LogP contribution in [-0.2, 0) is 11.2 Å². The van der Waals surface area contributed by atoms with Gasteiger partial charge in [0.05, 0.1) is 18.6 Å². The number of aliphatic hydroxyl groups is 1. The van der Waals surface area contributed by atoms with Crippen LogP contribution in [0.5, 0.6) is 0 Å². The van der Waals surface area contributed by atoms with E-state index in [1.54, 1.807) is 18.2 Å². The van der Waals surface area contributed by atoms with Crippen molar-refractivity contribution in [2.24, 2.45) is 0 Å². The highest BCUT2D eigenvalue weighted by Crippen LogP contribution is 2.27. The molecule has 2 rings (SSSR count). The van der Waals surface area contributed by atoms with Crippen molar-refractivity contribution in [3.8, 4) is 0 Å². The van der Waals surface area contributed by atoms with Crippen LogP contribution in [0.1, 0.15) is 37.7 Å². The molecule has 1 saturated carbocycles. The summed E-state index contributed by atoms with van der Waals surface area (Å²) in [6, 6.07) is 6.29. The van der Waals surface area contributed by atoms with E-state index >= 15 is 0 Å². The summed E-state index contributed by atoms with van der Waals surface area (Å²) >= 11 is 0. The molecule has 104 valence electrons. The minimum absolute atomic E-state index is 0.0222. The molecule has 19 heavy (non-hydrogen) atoms. The molecular formula is C15H20FNO2. The smallest absolute Gasteiger partial charge is 0.225 e. The lowest BCUT2D eigenvalue weighted by Crippen LogP contribution is -2.53. The van der Waals surface area contributed by atoms with Gasteiger partial charge in [-0.25, -0.2) is 4.39 Å². The van der Waals surface area contributed by atoms with E-state index in [4.69, 9.17) is 0 Å². The van der Waals surface area contributed by atoms with E-state index in [1.165, 1.54) is 6.07 Å². The van der Waals surface area contributed by atoms with Gasteiger partial charge in [-0.05, 0) is 24.5 Å². The van der Waals surface area contributed by atoms with Crippen LogP contribution in [0.25, 0.3) is 0 Å². The minimum Gasteiger partial charge on any atom is -0.394 e. The molecule has 0 atom stereocenters. The second-order valence-electron chi connectivity index (χ2n) is 5.32. The van der Waals surface area contributed by atoms with Crippen LogP contribution in [0, 0.1) is 5.82 Å². The molecule has 4 heteroatoms. The van der Waals surface area contributed by atoms with Crippen molar-refractivity contribution in [1.29, 1.82) is 0 Å². The van der Waals surface area contributed by atoms with Crippen LogP contribution >= 0.6 is 0 Å². The number of benzene rings is 1. The van der Waals surface area contributed by atoms with E-state index in [2.05, 4.69) is 5.32 Å². The molecule has 2 N–H and O–H groups in total. The number of halogens is 1. The molecule has 1 fully saturated rings. The molecule has 1 amide bonds. The van der Waals surface area contributed by atoms with E-state index < -0.39 is 5.54 Å². The number of rotatable bonds is 4. The number of amides is 1. The zero-order chi connectivity index (χ0) is 13.7. The molecule has 0 bridgehead atoms. The first-order valence-corrected chi connectivity index (χ1v) is 6.80. The summed E-state index contributed by atoms with van der Waals surface area (Å²) in [6.45, 7) is -0.0456. The molecule has 1 aliphatic rings. The summed E-state index contributed by atoms with van der Waals surface area (Å²) in [6.07, 6.45) is 4.79. The van der Waals surface area contributed by atoms with Gasteiger partial charge in [-0.15, -0.1) is 0 Å². The fourth-order valence-electron chi connectivity index (χ4n) is 2.71. The van der Waals surface area contributed by atoms with Gasteiger partial charge in [0.1, 0.15) is 5.82 Å². The van der Waals surface area contributed by atoms with E-state index in [0.717, 1.165) is 32.1 Å². The summed E-state index contributed by atoms with van der Waals surface area (Å²) < 4.78 is 13.5. The fourth-order valence-corrected chi connectivity index (χ4v) is 2.71. The molecule has 1 aliphatic carbocycles. The maximum Gasteiger partial charge on any atom is 0.225 e. The zero-order valence-electron chi connectivity index (χ0n) is 11.0. The summed E-state index contributed by atoms with van der Waals surface area (Å²) in [5, 5.41) is 12.4. The van der Waals surface area contributed by atoms with Crippen molar-refractivity contribution in [3.63, 3.8) is 0 Å². The Hall–Kier alpha value is -1.42. The van der Waals surface area contributed by atoms with Gasteiger partial charge in [-0.2, -0.15) is 0 Å². The van der Waals surface area contributed by atoms with Gasteiger partial charge in [0.2, 0.25) is 5.91 Å². The Balaban J connectivity index is 1.98. The Morgan fingerprint density at radius 1 is 1.26 bits per heavy atom. The number of carbonyl (C=O) groups excluding carboxylic acids is 1. The first-order chi connectivity index (χ1) is 9.15. The topological polar surface area (TPSA) is 49.3 Å². The SMILES string of the molecule is O=C(Cc1ccccc1F)NC1(CO)CCCCC1. The number of carbonyl (C=O) groups is 1. The van der Waals surface area contributed by atoms with Crippen LogP contribution in [0.2, 0.25) is 0 Å². The largest absolute Gasteiger partial charge is 0.394 e. The van der Waals surface area contributed by atoms with Gasteiger partial charge in [0, 0.05) is 0 Å². The maximum absolute atomic E-state index is 13.5. The van der Waals surface area contributed by atoms with Crippen molar-refractivity contribution >= 4 is 5.91 Å². The number of hydrogen-bond donors (Lipinski definition) is 2. The monoisotopic (exact) mass is 265 g/mol. The zero-order valence-corrected chi connectivity index (χ0v) is 11.0. The highest BCUT2D eigenvalue weighted by molar-refractivity contribution is 5.79. The molecule has 0 aliphatic heterocycles. The van der Waals surface area contributed by atoms with Crippen LogP contribution in [0.4, 0.5) is 4.39 Å². The van der Waals surface area contributed by atoms with E-state index in [1.807, 2.05) is 0 Å². The molecule has 0 saturated heterocycles. The molecule has 1 aromatic carbocycles. The summed E-state index contributed by atoms with van der Waals surface area (Å²) in [5.41, 5.74) is -0.107. The van der Waals surface area contributed by atoms with Crippen molar-refractivity contribution in [3.05, 3.63) is 35.6 Å². The van der Waals surface area contributed by atoms with Crippen molar-refractivity contribution in [2.45, 2.75) is 44.1 Å². The van der Waals surface area contributed by atoms with Gasteiger partial charge in [-0.1, -0.05) is 37.5 Å².